The molecule has 0 radical (unpaired) electrons. The molecule has 0 aromatic heterocycles. The molecule has 2 rings (SSSR count). The molecule has 19 heavy (non-hydrogen) atoms. The van der Waals surface area contributed by atoms with Gasteiger partial charge in [-0.05, 0) is 48.5 Å². The van der Waals surface area contributed by atoms with Gasteiger partial charge in [-0.3, -0.25) is 4.79 Å². The van der Waals surface area contributed by atoms with E-state index in [-0.39, 0.29) is 12.5 Å². The van der Waals surface area contributed by atoms with E-state index in [1.165, 1.54) is 0 Å². The normalized spacial score (nSPS) is 10.0. The molecular weight excluding hydrogens is 374 g/mol. The highest BCUT2D eigenvalue weighted by Gasteiger charge is 2.03. The molecule has 0 aliphatic heterocycles. The molecule has 1 amide bonds. The third kappa shape index (κ3) is 4.69. The van der Waals surface area contributed by atoms with Crippen LogP contribution in [0.15, 0.2) is 57.5 Å². The van der Waals surface area contributed by atoms with Gasteiger partial charge >= 0.3 is 0 Å². The van der Waals surface area contributed by atoms with Crippen molar-refractivity contribution in [3.63, 3.8) is 0 Å². The molecule has 0 atom stereocenters. The van der Waals surface area contributed by atoms with Gasteiger partial charge in [0.15, 0.2) is 6.61 Å². The quantitative estimate of drug-likeness (QED) is 0.856. The Labute approximate surface area is 128 Å². The van der Waals surface area contributed by atoms with Crippen molar-refractivity contribution < 1.29 is 9.53 Å². The molecule has 3 nitrogen and oxygen atoms in total. The fraction of sp³-hybridized carbons (Fsp3) is 0.0714. The van der Waals surface area contributed by atoms with Crippen molar-refractivity contribution in [1.29, 1.82) is 0 Å². The fourth-order valence-electron chi connectivity index (χ4n) is 1.41. The van der Waals surface area contributed by atoms with E-state index in [4.69, 9.17) is 4.74 Å². The Morgan fingerprint density at radius 2 is 1.47 bits per heavy atom. The smallest absolute Gasteiger partial charge is 0.262 e. The molecule has 0 aliphatic carbocycles. The highest BCUT2D eigenvalue weighted by atomic mass is 79.9. The van der Waals surface area contributed by atoms with Crippen LogP contribution >= 0.6 is 31.9 Å². The number of nitrogens with one attached hydrogen (secondary N) is 1. The first-order valence-corrected chi connectivity index (χ1v) is 7.16. The van der Waals surface area contributed by atoms with Crippen LogP contribution in [0.2, 0.25) is 0 Å². The lowest BCUT2D eigenvalue weighted by Crippen LogP contribution is -2.20. The van der Waals surface area contributed by atoms with Crippen LogP contribution < -0.4 is 10.1 Å². The van der Waals surface area contributed by atoms with Crippen LogP contribution in [0.25, 0.3) is 0 Å². The first-order valence-electron chi connectivity index (χ1n) is 5.57. The molecule has 0 bridgehead atoms. The summed E-state index contributed by atoms with van der Waals surface area (Å²) in [6.45, 7) is -0.0162. The number of hydrogen-bond acceptors (Lipinski definition) is 2. The predicted octanol–water partition coefficient (Wildman–Crippen LogP) is 4.23. The fourth-order valence-corrected chi connectivity index (χ4v) is 1.94. The van der Waals surface area contributed by atoms with E-state index in [2.05, 4.69) is 37.2 Å². The summed E-state index contributed by atoms with van der Waals surface area (Å²) in [4.78, 5) is 11.7. The van der Waals surface area contributed by atoms with Gasteiger partial charge in [0, 0.05) is 14.6 Å². The van der Waals surface area contributed by atoms with Crippen LogP contribution in [0.4, 0.5) is 5.69 Å². The summed E-state index contributed by atoms with van der Waals surface area (Å²) in [6, 6.07) is 14.7. The van der Waals surface area contributed by atoms with E-state index in [0.29, 0.717) is 5.75 Å². The molecule has 98 valence electrons. The van der Waals surface area contributed by atoms with Crippen LogP contribution in [-0.2, 0) is 4.79 Å². The summed E-state index contributed by atoms with van der Waals surface area (Å²) in [6.07, 6.45) is 0. The number of ether oxygens (including phenoxy) is 1. The van der Waals surface area contributed by atoms with Crippen molar-refractivity contribution in [2.45, 2.75) is 0 Å². The van der Waals surface area contributed by atoms with Crippen molar-refractivity contribution >= 4 is 43.5 Å². The van der Waals surface area contributed by atoms with Crippen LogP contribution in [0.5, 0.6) is 5.75 Å². The maximum Gasteiger partial charge on any atom is 0.262 e. The molecule has 0 fully saturated rings. The summed E-state index contributed by atoms with van der Waals surface area (Å²) in [5.74, 6) is 0.472. The molecule has 0 aliphatic rings. The molecule has 1 N–H and O–H groups in total. The number of amides is 1. The summed E-state index contributed by atoms with van der Waals surface area (Å²) >= 11 is 6.67. The second kappa shape index (κ2) is 6.73. The average molecular weight is 385 g/mol. The Bertz CT molecular complexity index is 553. The number of rotatable bonds is 4. The van der Waals surface area contributed by atoms with Crippen molar-refractivity contribution in [3.8, 4) is 5.75 Å². The standard InChI is InChI=1S/C14H11Br2NO2/c15-10-1-5-12(6-2-10)17-14(18)9-19-13-7-3-11(16)4-8-13/h1-8H,9H2,(H,17,18). The zero-order chi connectivity index (χ0) is 13.7. The molecular formula is C14H11Br2NO2. The predicted molar refractivity (Wildman–Crippen MR) is 82.4 cm³/mol. The summed E-state index contributed by atoms with van der Waals surface area (Å²) in [5, 5.41) is 2.76. The van der Waals surface area contributed by atoms with Crippen LogP contribution in [0.3, 0.4) is 0 Å². The van der Waals surface area contributed by atoms with Crippen LogP contribution in [-0.4, -0.2) is 12.5 Å². The third-order valence-electron chi connectivity index (χ3n) is 2.31. The van der Waals surface area contributed by atoms with E-state index >= 15 is 0 Å². The van der Waals surface area contributed by atoms with E-state index in [0.717, 1.165) is 14.6 Å². The van der Waals surface area contributed by atoms with E-state index in [1.54, 1.807) is 12.1 Å². The van der Waals surface area contributed by atoms with Gasteiger partial charge in [0.2, 0.25) is 0 Å². The van der Waals surface area contributed by atoms with Crippen molar-refractivity contribution in [2.75, 3.05) is 11.9 Å². The molecule has 0 heterocycles. The number of carbonyl (C=O) groups is 1. The SMILES string of the molecule is O=C(COc1ccc(Br)cc1)Nc1ccc(Br)cc1. The Kier molecular flexibility index (Phi) is 4.99. The second-order valence-electron chi connectivity index (χ2n) is 3.80. The van der Waals surface area contributed by atoms with Gasteiger partial charge in [-0.25, -0.2) is 0 Å². The minimum Gasteiger partial charge on any atom is -0.484 e. The molecule has 2 aromatic carbocycles. The van der Waals surface area contributed by atoms with Crippen molar-refractivity contribution in [3.05, 3.63) is 57.5 Å². The van der Waals surface area contributed by atoms with Crippen LogP contribution in [0, 0.1) is 0 Å². The van der Waals surface area contributed by atoms with E-state index in [1.807, 2.05) is 36.4 Å². The molecule has 0 saturated heterocycles. The summed E-state index contributed by atoms with van der Waals surface area (Å²) < 4.78 is 7.32. The molecule has 0 spiro atoms. The monoisotopic (exact) mass is 383 g/mol. The number of carbonyl (C=O) groups excluding carboxylic acids is 1. The molecule has 5 heteroatoms. The van der Waals surface area contributed by atoms with Gasteiger partial charge in [0.1, 0.15) is 5.75 Å². The highest BCUT2D eigenvalue weighted by Crippen LogP contribution is 2.16. The number of anilines is 1. The number of hydrogen-bond donors (Lipinski definition) is 1. The van der Waals surface area contributed by atoms with Gasteiger partial charge in [-0.15, -0.1) is 0 Å². The topological polar surface area (TPSA) is 38.3 Å². The zero-order valence-electron chi connectivity index (χ0n) is 9.90. The largest absolute Gasteiger partial charge is 0.484 e. The van der Waals surface area contributed by atoms with Gasteiger partial charge in [0.05, 0.1) is 0 Å². The Morgan fingerprint density at radius 1 is 0.947 bits per heavy atom. The second-order valence-corrected chi connectivity index (χ2v) is 5.63. The first-order chi connectivity index (χ1) is 9.13. The maximum absolute atomic E-state index is 11.7. The zero-order valence-corrected chi connectivity index (χ0v) is 13.1. The Morgan fingerprint density at radius 3 is 2.05 bits per heavy atom. The summed E-state index contributed by atoms with van der Waals surface area (Å²) in [5.41, 5.74) is 0.743. The first kappa shape index (κ1) is 14.1. The lowest BCUT2D eigenvalue weighted by molar-refractivity contribution is -0.118. The maximum atomic E-state index is 11.7. The third-order valence-corrected chi connectivity index (χ3v) is 3.37. The van der Waals surface area contributed by atoms with Crippen molar-refractivity contribution in [1.82, 2.24) is 0 Å². The number of halogens is 2. The lowest BCUT2D eigenvalue weighted by Gasteiger charge is -2.07. The van der Waals surface area contributed by atoms with Gasteiger partial charge in [0.25, 0.3) is 5.91 Å². The summed E-state index contributed by atoms with van der Waals surface area (Å²) in [7, 11) is 0. The van der Waals surface area contributed by atoms with E-state index in [9.17, 15) is 4.79 Å². The highest BCUT2D eigenvalue weighted by molar-refractivity contribution is 9.10. The van der Waals surface area contributed by atoms with E-state index < -0.39 is 0 Å². The van der Waals surface area contributed by atoms with Gasteiger partial charge in [-0.2, -0.15) is 0 Å². The number of benzene rings is 2. The van der Waals surface area contributed by atoms with Gasteiger partial charge in [-0.1, -0.05) is 31.9 Å². The Balaban J connectivity index is 1.84. The minimum atomic E-state index is -0.190. The molecule has 0 saturated carbocycles. The average Bonchev–Trinajstić information content (AvgIpc) is 2.41. The van der Waals surface area contributed by atoms with Gasteiger partial charge < -0.3 is 10.1 Å². The van der Waals surface area contributed by atoms with Crippen LogP contribution in [0.1, 0.15) is 0 Å². The van der Waals surface area contributed by atoms with Crippen molar-refractivity contribution in [2.24, 2.45) is 0 Å². The lowest BCUT2D eigenvalue weighted by atomic mass is 10.3. The minimum absolute atomic E-state index is 0.0162. The molecule has 0 unspecified atom stereocenters. The molecule has 2 aromatic rings. The Hall–Kier alpha value is -1.33.